The molecule has 1 amide bonds. The molecule has 4 nitrogen and oxygen atoms in total. The van der Waals surface area contributed by atoms with Crippen molar-refractivity contribution in [2.75, 3.05) is 0 Å². The number of hydrogen-bond acceptors (Lipinski definition) is 4. The van der Waals surface area contributed by atoms with Gasteiger partial charge in [0.2, 0.25) is 0 Å². The van der Waals surface area contributed by atoms with Crippen molar-refractivity contribution >= 4 is 17.2 Å². The van der Waals surface area contributed by atoms with Crippen molar-refractivity contribution < 1.29 is 18.1 Å². The molecule has 0 aliphatic rings. The van der Waals surface area contributed by atoms with E-state index in [2.05, 4.69) is 10.5 Å². The van der Waals surface area contributed by atoms with Crippen LogP contribution in [0.15, 0.2) is 46.3 Å². The number of nitrogens with one attached hydrogen (secondary N) is 1. The molecule has 2 heterocycles. The molecule has 0 atom stereocenters. The van der Waals surface area contributed by atoms with Crippen LogP contribution in [0.5, 0.6) is 0 Å². The first-order chi connectivity index (χ1) is 10.6. The highest BCUT2D eigenvalue weighted by atomic mass is 32.1. The summed E-state index contributed by atoms with van der Waals surface area (Å²) in [5.41, 5.74) is 0.294. The van der Waals surface area contributed by atoms with Crippen LogP contribution >= 0.6 is 11.3 Å². The van der Waals surface area contributed by atoms with Crippen molar-refractivity contribution in [3.05, 3.63) is 64.7 Å². The summed E-state index contributed by atoms with van der Waals surface area (Å²) >= 11 is 1.51. The second-order valence-electron chi connectivity index (χ2n) is 4.47. The number of benzene rings is 1. The van der Waals surface area contributed by atoms with E-state index in [0.717, 1.165) is 17.0 Å². The molecular weight excluding hydrogens is 310 g/mol. The number of halogens is 2. The second kappa shape index (κ2) is 6.07. The van der Waals surface area contributed by atoms with Gasteiger partial charge >= 0.3 is 0 Å². The molecule has 0 unspecified atom stereocenters. The Hall–Kier alpha value is -2.54. The van der Waals surface area contributed by atoms with Gasteiger partial charge in [-0.15, -0.1) is 11.3 Å². The molecule has 2 aromatic heterocycles. The summed E-state index contributed by atoms with van der Waals surface area (Å²) in [7, 11) is 0. The van der Waals surface area contributed by atoms with Gasteiger partial charge in [0.05, 0.1) is 17.0 Å². The largest absolute Gasteiger partial charge is 0.355 e. The molecule has 1 N–H and O–H groups in total. The maximum Gasteiger partial charge on any atom is 0.254 e. The van der Waals surface area contributed by atoms with Crippen molar-refractivity contribution in [3.8, 4) is 10.6 Å². The molecule has 0 radical (unpaired) electrons. The second-order valence-corrected chi connectivity index (χ2v) is 5.41. The zero-order valence-corrected chi connectivity index (χ0v) is 12.0. The minimum absolute atomic E-state index is 0.0878. The Labute approximate surface area is 128 Å². The van der Waals surface area contributed by atoms with Gasteiger partial charge in [-0.05, 0) is 23.6 Å². The predicted octanol–water partition coefficient (Wildman–Crippen LogP) is 3.61. The maximum absolute atomic E-state index is 13.5. The highest BCUT2D eigenvalue weighted by molar-refractivity contribution is 7.13. The number of aromatic nitrogens is 1. The van der Waals surface area contributed by atoms with Crippen LogP contribution in [0.3, 0.4) is 0 Å². The third-order valence-corrected chi connectivity index (χ3v) is 3.81. The monoisotopic (exact) mass is 320 g/mol. The van der Waals surface area contributed by atoms with E-state index in [1.54, 1.807) is 6.07 Å². The van der Waals surface area contributed by atoms with Gasteiger partial charge in [-0.25, -0.2) is 8.78 Å². The smallest absolute Gasteiger partial charge is 0.254 e. The molecule has 1 aromatic carbocycles. The van der Waals surface area contributed by atoms with Gasteiger partial charge in [-0.2, -0.15) is 0 Å². The average Bonchev–Trinajstić information content (AvgIpc) is 3.16. The number of amides is 1. The van der Waals surface area contributed by atoms with E-state index < -0.39 is 17.5 Å². The number of carbonyl (C=O) groups excluding carboxylic acids is 1. The van der Waals surface area contributed by atoms with Crippen LogP contribution in [-0.2, 0) is 6.54 Å². The Morgan fingerprint density at radius 3 is 2.86 bits per heavy atom. The van der Waals surface area contributed by atoms with Crippen molar-refractivity contribution in [1.29, 1.82) is 0 Å². The molecule has 3 aromatic rings. The molecule has 0 aliphatic carbocycles. The molecule has 0 aliphatic heterocycles. The summed E-state index contributed by atoms with van der Waals surface area (Å²) < 4.78 is 31.5. The lowest BCUT2D eigenvalue weighted by molar-refractivity contribution is 0.0946. The van der Waals surface area contributed by atoms with E-state index in [1.165, 1.54) is 11.3 Å². The summed E-state index contributed by atoms with van der Waals surface area (Å²) in [5, 5.41) is 8.26. The van der Waals surface area contributed by atoms with Crippen molar-refractivity contribution in [3.63, 3.8) is 0 Å². The van der Waals surface area contributed by atoms with Gasteiger partial charge in [-0.1, -0.05) is 11.2 Å². The lowest BCUT2D eigenvalue weighted by Crippen LogP contribution is -2.24. The molecule has 0 saturated heterocycles. The Kier molecular flexibility index (Phi) is 3.97. The lowest BCUT2D eigenvalue weighted by atomic mass is 10.2. The third-order valence-electron chi connectivity index (χ3n) is 2.93. The lowest BCUT2D eigenvalue weighted by Gasteiger charge is -2.04. The Morgan fingerprint density at radius 2 is 2.14 bits per heavy atom. The van der Waals surface area contributed by atoms with Gasteiger partial charge in [0, 0.05) is 12.1 Å². The molecule has 3 rings (SSSR count). The standard InChI is InChI=1S/C15H10F2N2O2S/c16-9-3-4-11(12(17)6-9)15(20)18-8-10-7-13(21-19-10)14-2-1-5-22-14/h1-7H,8H2,(H,18,20). The Morgan fingerprint density at radius 1 is 1.27 bits per heavy atom. The van der Waals surface area contributed by atoms with Crippen LogP contribution < -0.4 is 5.32 Å². The first-order valence-electron chi connectivity index (χ1n) is 6.36. The SMILES string of the molecule is O=C(NCc1cc(-c2cccs2)on1)c1ccc(F)cc1F. The van der Waals surface area contributed by atoms with E-state index in [4.69, 9.17) is 4.52 Å². The number of rotatable bonds is 4. The van der Waals surface area contributed by atoms with Crippen LogP contribution in [-0.4, -0.2) is 11.1 Å². The van der Waals surface area contributed by atoms with Crippen LogP contribution in [0.25, 0.3) is 10.6 Å². The third kappa shape index (κ3) is 3.04. The van der Waals surface area contributed by atoms with E-state index in [-0.39, 0.29) is 12.1 Å². The predicted molar refractivity (Wildman–Crippen MR) is 77.3 cm³/mol. The zero-order chi connectivity index (χ0) is 15.5. The number of nitrogens with zero attached hydrogens (tertiary/aromatic N) is 1. The summed E-state index contributed by atoms with van der Waals surface area (Å²) in [5.74, 6) is -1.67. The number of hydrogen-bond donors (Lipinski definition) is 1. The van der Waals surface area contributed by atoms with Crippen molar-refractivity contribution in [2.24, 2.45) is 0 Å². The normalized spacial score (nSPS) is 10.6. The minimum atomic E-state index is -0.906. The Bertz CT molecular complexity index is 800. The fourth-order valence-electron chi connectivity index (χ4n) is 1.87. The first-order valence-corrected chi connectivity index (χ1v) is 7.24. The van der Waals surface area contributed by atoms with E-state index in [1.807, 2.05) is 17.5 Å². The number of carbonyl (C=O) groups is 1. The fraction of sp³-hybridized carbons (Fsp3) is 0.0667. The van der Waals surface area contributed by atoms with Gasteiger partial charge in [-0.3, -0.25) is 4.79 Å². The molecule has 22 heavy (non-hydrogen) atoms. The average molecular weight is 320 g/mol. The van der Waals surface area contributed by atoms with Crippen LogP contribution in [0, 0.1) is 11.6 Å². The Balaban J connectivity index is 1.66. The highest BCUT2D eigenvalue weighted by Gasteiger charge is 2.13. The van der Waals surface area contributed by atoms with Crippen LogP contribution in [0.2, 0.25) is 0 Å². The quantitative estimate of drug-likeness (QED) is 0.799. The molecule has 0 fully saturated rings. The van der Waals surface area contributed by atoms with E-state index in [0.29, 0.717) is 17.5 Å². The summed E-state index contributed by atoms with van der Waals surface area (Å²) in [6, 6.07) is 8.28. The first kappa shape index (κ1) is 14.4. The summed E-state index contributed by atoms with van der Waals surface area (Å²) in [6.07, 6.45) is 0. The maximum atomic E-state index is 13.5. The van der Waals surface area contributed by atoms with E-state index in [9.17, 15) is 13.6 Å². The molecule has 0 spiro atoms. The highest BCUT2D eigenvalue weighted by Crippen LogP contribution is 2.25. The van der Waals surface area contributed by atoms with Gasteiger partial charge in [0.25, 0.3) is 5.91 Å². The molecule has 0 saturated carbocycles. The molecular formula is C15H10F2N2O2S. The van der Waals surface area contributed by atoms with Gasteiger partial charge in [0.15, 0.2) is 5.76 Å². The summed E-state index contributed by atoms with van der Waals surface area (Å²) in [4.78, 5) is 12.8. The zero-order valence-electron chi connectivity index (χ0n) is 11.2. The number of thiophene rings is 1. The minimum Gasteiger partial charge on any atom is -0.355 e. The molecule has 112 valence electrons. The van der Waals surface area contributed by atoms with Crippen molar-refractivity contribution in [1.82, 2.24) is 10.5 Å². The topological polar surface area (TPSA) is 55.1 Å². The van der Waals surface area contributed by atoms with Crippen molar-refractivity contribution in [2.45, 2.75) is 6.54 Å². The fourth-order valence-corrected chi connectivity index (χ4v) is 2.54. The van der Waals surface area contributed by atoms with Crippen LogP contribution in [0.4, 0.5) is 8.78 Å². The van der Waals surface area contributed by atoms with Gasteiger partial charge in [0.1, 0.15) is 17.3 Å². The molecule has 0 bridgehead atoms. The van der Waals surface area contributed by atoms with E-state index >= 15 is 0 Å². The van der Waals surface area contributed by atoms with Crippen LogP contribution in [0.1, 0.15) is 16.1 Å². The van der Waals surface area contributed by atoms with Gasteiger partial charge < -0.3 is 9.84 Å². The molecule has 7 heteroatoms. The summed E-state index contributed by atoms with van der Waals surface area (Å²) in [6.45, 7) is 0.0878.